The summed E-state index contributed by atoms with van der Waals surface area (Å²) in [4.78, 5) is 27.4. The lowest BCUT2D eigenvalue weighted by Gasteiger charge is -2.20. The number of hydrogen-bond donors (Lipinski definition) is 1. The van der Waals surface area contributed by atoms with Crippen LogP contribution in [0.25, 0.3) is 0 Å². The number of aliphatic carboxylic acids is 1. The molecular formula is C13H17ClN2O3S. The lowest BCUT2D eigenvalue weighted by atomic mass is 10.3. The van der Waals surface area contributed by atoms with Gasteiger partial charge in [-0.25, -0.2) is 0 Å². The second kappa shape index (κ2) is 6.56. The van der Waals surface area contributed by atoms with Gasteiger partial charge in [0.15, 0.2) is 0 Å². The van der Waals surface area contributed by atoms with Crippen molar-refractivity contribution in [3.05, 3.63) is 20.8 Å². The zero-order valence-electron chi connectivity index (χ0n) is 11.3. The number of carbonyl (C=O) groups is 2. The minimum atomic E-state index is -0.832. The molecule has 1 aliphatic rings. The molecule has 20 heavy (non-hydrogen) atoms. The van der Waals surface area contributed by atoms with Gasteiger partial charge < -0.3 is 10.0 Å². The number of rotatable bonds is 3. The van der Waals surface area contributed by atoms with E-state index < -0.39 is 5.97 Å². The van der Waals surface area contributed by atoms with E-state index in [4.69, 9.17) is 16.7 Å². The van der Waals surface area contributed by atoms with Crippen LogP contribution in [0.4, 0.5) is 0 Å². The monoisotopic (exact) mass is 316 g/mol. The van der Waals surface area contributed by atoms with Crippen molar-refractivity contribution in [2.24, 2.45) is 0 Å². The Bertz CT molecular complexity index is 518. The number of nitrogens with zero attached hydrogens (tertiary/aromatic N) is 2. The Kier molecular flexibility index (Phi) is 5.01. The molecule has 7 heteroatoms. The topological polar surface area (TPSA) is 60.9 Å². The largest absolute Gasteiger partial charge is 0.480 e. The maximum absolute atomic E-state index is 12.4. The van der Waals surface area contributed by atoms with E-state index in [1.54, 1.807) is 4.90 Å². The first-order valence-corrected chi connectivity index (χ1v) is 7.72. The predicted octanol–water partition coefficient (Wildman–Crippen LogP) is 1.94. The van der Waals surface area contributed by atoms with Gasteiger partial charge in [-0.15, -0.1) is 11.3 Å². The van der Waals surface area contributed by atoms with Crippen molar-refractivity contribution >= 4 is 34.8 Å². The molecule has 2 rings (SSSR count). The zero-order valence-corrected chi connectivity index (χ0v) is 12.8. The van der Waals surface area contributed by atoms with Crippen molar-refractivity contribution in [3.63, 3.8) is 0 Å². The molecule has 0 atom stereocenters. The van der Waals surface area contributed by atoms with Crippen LogP contribution in [0.5, 0.6) is 0 Å². The molecule has 0 bridgehead atoms. The summed E-state index contributed by atoms with van der Waals surface area (Å²) in [5.74, 6) is -0.882. The summed E-state index contributed by atoms with van der Waals surface area (Å²) >= 11 is 7.50. The highest BCUT2D eigenvalue weighted by atomic mass is 35.5. The van der Waals surface area contributed by atoms with E-state index in [0.29, 0.717) is 36.1 Å². The summed E-state index contributed by atoms with van der Waals surface area (Å²) in [6.07, 6.45) is 0.779. The molecule has 1 amide bonds. The van der Waals surface area contributed by atoms with Gasteiger partial charge in [0.1, 0.15) is 4.88 Å². The van der Waals surface area contributed by atoms with Gasteiger partial charge in [-0.3, -0.25) is 14.5 Å². The second-order valence-electron chi connectivity index (χ2n) is 4.88. The number of aryl methyl sites for hydroxylation is 1. The highest BCUT2D eigenvalue weighted by molar-refractivity contribution is 7.13. The van der Waals surface area contributed by atoms with Crippen molar-refractivity contribution in [2.75, 3.05) is 32.7 Å². The molecule has 1 aliphatic heterocycles. The maximum Gasteiger partial charge on any atom is 0.317 e. The van der Waals surface area contributed by atoms with Gasteiger partial charge >= 0.3 is 5.97 Å². The van der Waals surface area contributed by atoms with Crippen LogP contribution >= 0.6 is 22.9 Å². The fourth-order valence-corrected chi connectivity index (χ4v) is 3.48. The fourth-order valence-electron chi connectivity index (χ4n) is 2.24. The molecule has 0 spiro atoms. The van der Waals surface area contributed by atoms with Crippen molar-refractivity contribution in [1.82, 2.24) is 9.80 Å². The average molecular weight is 317 g/mol. The second-order valence-corrected chi connectivity index (χ2v) is 6.14. The third kappa shape index (κ3) is 3.50. The standard InChI is InChI=1S/C13H17ClN2O3S/c1-9-8-20-12(11(9)14)13(19)16-4-2-3-15(5-6-16)7-10(17)18/h8H,2-7H2,1H3,(H,17,18). The first-order chi connectivity index (χ1) is 9.49. The lowest BCUT2D eigenvalue weighted by molar-refractivity contribution is -0.138. The number of carboxylic acid groups (broad SMARTS) is 1. The summed E-state index contributed by atoms with van der Waals surface area (Å²) in [6, 6.07) is 0. The molecule has 0 aromatic carbocycles. The van der Waals surface area contributed by atoms with Gasteiger partial charge in [0.25, 0.3) is 5.91 Å². The number of hydrogen-bond acceptors (Lipinski definition) is 4. The van der Waals surface area contributed by atoms with Crippen molar-refractivity contribution < 1.29 is 14.7 Å². The fraction of sp³-hybridized carbons (Fsp3) is 0.538. The Morgan fingerprint density at radius 3 is 2.70 bits per heavy atom. The molecule has 1 aromatic rings. The molecule has 2 heterocycles. The number of carbonyl (C=O) groups excluding carboxylic acids is 1. The Labute approximate surface area is 126 Å². The molecule has 0 radical (unpaired) electrons. The van der Waals surface area contributed by atoms with Crippen LogP contribution in [0.2, 0.25) is 5.02 Å². The molecule has 110 valence electrons. The van der Waals surface area contributed by atoms with Crippen LogP contribution in [-0.2, 0) is 4.79 Å². The molecule has 1 saturated heterocycles. The first-order valence-electron chi connectivity index (χ1n) is 6.46. The first kappa shape index (κ1) is 15.3. The van der Waals surface area contributed by atoms with Crippen LogP contribution in [0.3, 0.4) is 0 Å². The average Bonchev–Trinajstić information content (AvgIpc) is 2.61. The summed E-state index contributed by atoms with van der Waals surface area (Å²) in [5, 5.41) is 11.2. The molecule has 0 saturated carbocycles. The van der Waals surface area contributed by atoms with Gasteiger partial charge in [0, 0.05) is 26.2 Å². The Morgan fingerprint density at radius 2 is 2.10 bits per heavy atom. The number of carboxylic acids is 1. The van der Waals surface area contributed by atoms with E-state index in [9.17, 15) is 9.59 Å². The number of amides is 1. The highest BCUT2D eigenvalue weighted by Crippen LogP contribution is 2.28. The third-order valence-corrected chi connectivity index (χ3v) is 5.01. The smallest absolute Gasteiger partial charge is 0.317 e. The van der Waals surface area contributed by atoms with E-state index in [1.165, 1.54) is 11.3 Å². The van der Waals surface area contributed by atoms with Gasteiger partial charge in [-0.2, -0.15) is 0 Å². The van der Waals surface area contributed by atoms with E-state index >= 15 is 0 Å². The summed E-state index contributed by atoms with van der Waals surface area (Å²) in [6.45, 7) is 4.38. The lowest BCUT2D eigenvalue weighted by Crippen LogP contribution is -2.36. The molecule has 1 fully saturated rings. The van der Waals surface area contributed by atoms with Gasteiger partial charge in [-0.05, 0) is 24.3 Å². The maximum atomic E-state index is 12.4. The van der Waals surface area contributed by atoms with Crippen molar-refractivity contribution in [2.45, 2.75) is 13.3 Å². The van der Waals surface area contributed by atoms with Crippen molar-refractivity contribution in [1.29, 1.82) is 0 Å². The zero-order chi connectivity index (χ0) is 14.7. The van der Waals surface area contributed by atoms with E-state index in [-0.39, 0.29) is 12.5 Å². The molecular weight excluding hydrogens is 300 g/mol. The highest BCUT2D eigenvalue weighted by Gasteiger charge is 2.24. The van der Waals surface area contributed by atoms with E-state index in [1.807, 2.05) is 17.2 Å². The molecule has 0 aliphatic carbocycles. The van der Waals surface area contributed by atoms with Crippen LogP contribution in [-0.4, -0.2) is 59.5 Å². The summed E-state index contributed by atoms with van der Waals surface area (Å²) in [7, 11) is 0. The Hall–Kier alpha value is -1.11. The summed E-state index contributed by atoms with van der Waals surface area (Å²) in [5.41, 5.74) is 0.919. The van der Waals surface area contributed by atoms with E-state index in [0.717, 1.165) is 12.0 Å². The van der Waals surface area contributed by atoms with Gasteiger partial charge in [-0.1, -0.05) is 11.6 Å². The summed E-state index contributed by atoms with van der Waals surface area (Å²) < 4.78 is 0. The Balaban J connectivity index is 2.01. The predicted molar refractivity (Wildman–Crippen MR) is 78.7 cm³/mol. The van der Waals surface area contributed by atoms with E-state index in [2.05, 4.69) is 0 Å². The van der Waals surface area contributed by atoms with Crippen molar-refractivity contribution in [3.8, 4) is 0 Å². The van der Waals surface area contributed by atoms with Crippen LogP contribution in [0.15, 0.2) is 5.38 Å². The van der Waals surface area contributed by atoms with Crippen LogP contribution in [0, 0.1) is 6.92 Å². The SMILES string of the molecule is Cc1csc(C(=O)N2CCCN(CC(=O)O)CC2)c1Cl. The molecule has 0 unspecified atom stereocenters. The normalized spacial score (nSPS) is 17.0. The van der Waals surface area contributed by atoms with Gasteiger partial charge in [0.05, 0.1) is 11.6 Å². The molecule has 1 N–H and O–H groups in total. The number of halogens is 1. The molecule has 5 nitrogen and oxygen atoms in total. The van der Waals surface area contributed by atoms with Crippen LogP contribution < -0.4 is 0 Å². The minimum Gasteiger partial charge on any atom is -0.480 e. The number of thiophene rings is 1. The minimum absolute atomic E-state index is 0.0287. The van der Waals surface area contributed by atoms with Crippen LogP contribution in [0.1, 0.15) is 21.7 Å². The van der Waals surface area contributed by atoms with Gasteiger partial charge in [0.2, 0.25) is 0 Å². The third-order valence-electron chi connectivity index (χ3n) is 3.33. The quantitative estimate of drug-likeness (QED) is 0.926. The molecule has 1 aromatic heterocycles. The Morgan fingerprint density at radius 1 is 1.35 bits per heavy atom.